The van der Waals surface area contributed by atoms with E-state index in [0.717, 1.165) is 37.0 Å². The van der Waals surface area contributed by atoms with E-state index in [9.17, 15) is 9.59 Å². The molecule has 2 aliphatic rings. The van der Waals surface area contributed by atoms with E-state index in [0.29, 0.717) is 47.3 Å². The van der Waals surface area contributed by atoms with Gasteiger partial charge in [0.25, 0.3) is 11.1 Å². The maximum atomic E-state index is 13.3. The molecule has 1 saturated carbocycles. The third-order valence-corrected chi connectivity index (χ3v) is 6.52. The number of ether oxygens (including phenoxy) is 2. The van der Waals surface area contributed by atoms with Crippen molar-refractivity contribution in [1.29, 1.82) is 0 Å². The Morgan fingerprint density at radius 1 is 0.844 bits per heavy atom. The van der Waals surface area contributed by atoms with E-state index in [1.807, 2.05) is 41.1 Å². The van der Waals surface area contributed by atoms with Gasteiger partial charge >= 0.3 is 0 Å². The first kappa shape index (κ1) is 19.1. The van der Waals surface area contributed by atoms with Crippen molar-refractivity contribution in [3.63, 3.8) is 0 Å². The van der Waals surface area contributed by atoms with E-state index in [2.05, 4.69) is 4.98 Å². The van der Waals surface area contributed by atoms with Crippen molar-refractivity contribution in [3.8, 4) is 11.5 Å². The Kier molecular flexibility index (Phi) is 4.48. The lowest BCUT2D eigenvalue weighted by Crippen LogP contribution is -2.24. The molecule has 32 heavy (non-hydrogen) atoms. The van der Waals surface area contributed by atoms with Crippen LogP contribution in [-0.2, 0) is 6.54 Å². The average Bonchev–Trinajstić information content (AvgIpc) is 3.35. The second kappa shape index (κ2) is 7.51. The minimum atomic E-state index is -0.164. The van der Waals surface area contributed by atoms with Crippen molar-refractivity contribution in [3.05, 3.63) is 75.1 Å². The molecule has 4 aromatic rings. The van der Waals surface area contributed by atoms with Gasteiger partial charge in [0.05, 0.1) is 28.4 Å². The van der Waals surface area contributed by atoms with E-state index in [1.54, 1.807) is 16.8 Å². The molecule has 0 spiro atoms. The van der Waals surface area contributed by atoms with Crippen LogP contribution < -0.4 is 20.6 Å². The summed E-state index contributed by atoms with van der Waals surface area (Å²) in [5, 5.41) is 0.958. The maximum Gasteiger partial charge on any atom is 0.260 e. The average molecular weight is 429 g/mol. The molecule has 3 aromatic heterocycles. The lowest BCUT2D eigenvalue weighted by Gasteiger charge is -2.19. The Morgan fingerprint density at radius 3 is 2.38 bits per heavy atom. The van der Waals surface area contributed by atoms with Crippen LogP contribution in [0, 0.1) is 0 Å². The summed E-state index contributed by atoms with van der Waals surface area (Å²) < 4.78 is 14.7. The fraction of sp³-hybridized carbons (Fsp3) is 0.320. The molecule has 0 saturated heterocycles. The molecule has 7 nitrogen and oxygen atoms in total. The maximum absolute atomic E-state index is 13.3. The summed E-state index contributed by atoms with van der Waals surface area (Å²) in [6.45, 7) is 1.45. The number of hydrogen-bond donors (Lipinski definition) is 0. The topological polar surface area (TPSA) is 75.4 Å². The lowest BCUT2D eigenvalue weighted by molar-refractivity contribution is 0.171. The zero-order chi connectivity index (χ0) is 21.7. The van der Waals surface area contributed by atoms with Crippen LogP contribution in [0.1, 0.15) is 37.3 Å². The second-order valence-corrected chi connectivity index (χ2v) is 8.55. The Morgan fingerprint density at radius 2 is 1.56 bits per heavy atom. The van der Waals surface area contributed by atoms with Gasteiger partial charge in [0.1, 0.15) is 13.2 Å². The van der Waals surface area contributed by atoms with Gasteiger partial charge in [-0.25, -0.2) is 4.98 Å². The first-order chi connectivity index (χ1) is 15.7. The molecule has 6 rings (SSSR count). The fourth-order valence-electron chi connectivity index (χ4n) is 4.86. The zero-order valence-corrected chi connectivity index (χ0v) is 17.6. The second-order valence-electron chi connectivity index (χ2n) is 8.55. The summed E-state index contributed by atoms with van der Waals surface area (Å²) >= 11 is 0. The Hall–Kier alpha value is -3.61. The standard InChI is InChI=1S/C25H23N3O4/c29-24-18-14-19-21(8-10-28(25(19)30)17-3-1-2-4-17)26-20(18)7-9-27(24)15-16-5-6-22-23(13-16)32-12-11-31-22/h5-10,13-14,17H,1-4,11-12,15H2. The molecule has 0 atom stereocenters. The predicted molar refractivity (Wildman–Crippen MR) is 122 cm³/mol. The first-order valence-corrected chi connectivity index (χ1v) is 11.1. The number of nitrogens with zero attached hydrogens (tertiary/aromatic N) is 3. The van der Waals surface area contributed by atoms with Gasteiger partial charge in [-0.15, -0.1) is 0 Å². The van der Waals surface area contributed by atoms with Crippen LogP contribution in [0.25, 0.3) is 21.8 Å². The number of fused-ring (bicyclic) bond motifs is 3. The van der Waals surface area contributed by atoms with Crippen LogP contribution in [0.3, 0.4) is 0 Å². The molecule has 0 unspecified atom stereocenters. The van der Waals surface area contributed by atoms with E-state index in [4.69, 9.17) is 9.47 Å². The third kappa shape index (κ3) is 3.16. The molecule has 1 aromatic carbocycles. The highest BCUT2D eigenvalue weighted by Gasteiger charge is 2.19. The molecule has 4 heterocycles. The highest BCUT2D eigenvalue weighted by Crippen LogP contribution is 2.31. The van der Waals surface area contributed by atoms with Gasteiger partial charge < -0.3 is 18.6 Å². The summed E-state index contributed by atoms with van der Waals surface area (Å²) in [6.07, 6.45) is 7.94. The Balaban J connectivity index is 1.43. The third-order valence-electron chi connectivity index (χ3n) is 6.52. The molecular weight excluding hydrogens is 406 g/mol. The van der Waals surface area contributed by atoms with E-state index in [1.165, 1.54) is 0 Å². The minimum absolute atomic E-state index is 0.0644. The van der Waals surface area contributed by atoms with Crippen molar-refractivity contribution < 1.29 is 9.47 Å². The first-order valence-electron chi connectivity index (χ1n) is 11.1. The predicted octanol–water partition coefficient (Wildman–Crippen LogP) is 3.65. The van der Waals surface area contributed by atoms with Crippen LogP contribution in [-0.4, -0.2) is 27.3 Å². The van der Waals surface area contributed by atoms with Gasteiger partial charge in [-0.05, 0) is 48.7 Å². The summed E-state index contributed by atoms with van der Waals surface area (Å²) in [7, 11) is 0. The molecule has 1 aliphatic carbocycles. The normalized spacial score (nSPS) is 16.1. The molecule has 0 bridgehead atoms. The van der Waals surface area contributed by atoms with Crippen LogP contribution >= 0.6 is 0 Å². The molecule has 0 amide bonds. The number of aromatic nitrogens is 3. The van der Waals surface area contributed by atoms with Crippen molar-refractivity contribution >= 4 is 21.8 Å². The van der Waals surface area contributed by atoms with Crippen LogP contribution in [0.2, 0.25) is 0 Å². The quantitative estimate of drug-likeness (QED) is 0.465. The molecule has 0 N–H and O–H groups in total. The van der Waals surface area contributed by atoms with Crippen molar-refractivity contribution in [2.45, 2.75) is 38.3 Å². The van der Waals surface area contributed by atoms with Crippen LogP contribution in [0.15, 0.2) is 58.4 Å². The minimum Gasteiger partial charge on any atom is -0.486 e. The van der Waals surface area contributed by atoms with E-state index >= 15 is 0 Å². The Bertz CT molecular complexity index is 1460. The van der Waals surface area contributed by atoms with Gasteiger partial charge in [0, 0.05) is 18.4 Å². The summed E-state index contributed by atoms with van der Waals surface area (Å²) in [5.74, 6) is 1.42. The number of benzene rings is 1. The van der Waals surface area contributed by atoms with Crippen LogP contribution in [0.5, 0.6) is 11.5 Å². The van der Waals surface area contributed by atoms with Crippen molar-refractivity contribution in [2.75, 3.05) is 13.2 Å². The van der Waals surface area contributed by atoms with Gasteiger partial charge in [-0.3, -0.25) is 9.59 Å². The molecular formula is C25H23N3O4. The highest BCUT2D eigenvalue weighted by molar-refractivity contribution is 5.91. The Labute approximate surface area is 183 Å². The van der Waals surface area contributed by atoms with E-state index in [-0.39, 0.29) is 17.2 Å². The largest absolute Gasteiger partial charge is 0.486 e. The summed E-state index contributed by atoms with van der Waals surface area (Å²) in [6, 6.07) is 11.4. The lowest BCUT2D eigenvalue weighted by atomic mass is 10.1. The number of pyridine rings is 3. The number of rotatable bonds is 3. The molecule has 0 radical (unpaired) electrons. The SMILES string of the molecule is O=c1c2cc3c(=O)n(C4CCCC4)ccc3nc2ccn1Cc1ccc2c(c1)OCCO2. The number of hydrogen-bond acceptors (Lipinski definition) is 5. The van der Waals surface area contributed by atoms with Gasteiger partial charge in [0.15, 0.2) is 11.5 Å². The van der Waals surface area contributed by atoms with Gasteiger partial charge in [-0.1, -0.05) is 18.9 Å². The summed E-state index contributed by atoms with van der Waals surface area (Å²) in [5.41, 5.74) is 1.93. The van der Waals surface area contributed by atoms with Crippen molar-refractivity contribution in [1.82, 2.24) is 14.1 Å². The zero-order valence-electron chi connectivity index (χ0n) is 17.6. The fourth-order valence-corrected chi connectivity index (χ4v) is 4.86. The molecule has 1 aliphatic heterocycles. The van der Waals surface area contributed by atoms with Gasteiger partial charge in [0.2, 0.25) is 0 Å². The van der Waals surface area contributed by atoms with Crippen molar-refractivity contribution in [2.24, 2.45) is 0 Å². The highest BCUT2D eigenvalue weighted by atomic mass is 16.6. The van der Waals surface area contributed by atoms with Crippen LogP contribution in [0.4, 0.5) is 0 Å². The molecule has 162 valence electrons. The summed E-state index contributed by atoms with van der Waals surface area (Å²) in [4.78, 5) is 31.1. The van der Waals surface area contributed by atoms with E-state index < -0.39 is 0 Å². The molecule has 7 heteroatoms. The smallest absolute Gasteiger partial charge is 0.260 e. The monoisotopic (exact) mass is 429 g/mol. The molecule has 1 fully saturated rings. The van der Waals surface area contributed by atoms with Gasteiger partial charge in [-0.2, -0.15) is 0 Å².